The van der Waals surface area contributed by atoms with Gasteiger partial charge in [0.15, 0.2) is 0 Å². The van der Waals surface area contributed by atoms with Crippen LogP contribution in [-0.4, -0.2) is 10.6 Å². The van der Waals surface area contributed by atoms with E-state index in [4.69, 9.17) is 0 Å². The Morgan fingerprint density at radius 3 is 2.57 bits per heavy atom. The lowest BCUT2D eigenvalue weighted by atomic mass is 10.2. The minimum atomic E-state index is -4.45. The van der Waals surface area contributed by atoms with Gasteiger partial charge >= 0.3 is 12.2 Å². The van der Waals surface area contributed by atoms with Crippen molar-refractivity contribution in [3.05, 3.63) is 63.9 Å². The van der Waals surface area contributed by atoms with E-state index in [9.17, 15) is 18.0 Å². The summed E-state index contributed by atoms with van der Waals surface area (Å²) in [4.78, 5) is 12.4. The van der Waals surface area contributed by atoms with Crippen LogP contribution in [-0.2, 0) is 6.18 Å². The minimum Gasteiger partial charge on any atom is -0.307 e. The molecule has 0 fully saturated rings. The van der Waals surface area contributed by atoms with Gasteiger partial charge in [-0.1, -0.05) is 24.3 Å². The molecule has 2 aromatic carbocycles. The largest absolute Gasteiger partial charge is 0.416 e. The zero-order chi connectivity index (χ0) is 16.6. The Bertz CT molecular complexity index is 886. The molecule has 1 aromatic heterocycles. The molecule has 0 aliphatic heterocycles. The second-order valence-corrected chi connectivity index (χ2v) is 6.04. The molecule has 0 aliphatic rings. The molecule has 1 heterocycles. The summed E-state index contributed by atoms with van der Waals surface area (Å²) in [6.45, 7) is 0. The van der Waals surface area contributed by atoms with Crippen LogP contribution in [0.4, 0.5) is 23.7 Å². The number of nitrogens with zero attached hydrogens (tertiary/aromatic N) is 1. The third-order valence-corrected chi connectivity index (χ3v) is 4.18. The Balaban J connectivity index is 1.93. The summed E-state index contributed by atoms with van der Waals surface area (Å²) < 4.78 is 40.4. The molecule has 118 valence electrons. The predicted octanol–water partition coefficient (Wildman–Crippen LogP) is 5.34. The van der Waals surface area contributed by atoms with Crippen molar-refractivity contribution in [2.75, 3.05) is 5.32 Å². The fraction of sp³-hybridized carbons (Fsp3) is 0.0625. The van der Waals surface area contributed by atoms with Gasteiger partial charge in [0.1, 0.15) is 0 Å². The number of aromatic nitrogens is 1. The van der Waals surface area contributed by atoms with Gasteiger partial charge in [0.05, 0.1) is 11.1 Å². The van der Waals surface area contributed by atoms with Gasteiger partial charge in [-0.15, -0.1) is 0 Å². The van der Waals surface area contributed by atoms with Crippen molar-refractivity contribution in [3.63, 3.8) is 0 Å². The van der Waals surface area contributed by atoms with E-state index in [1.807, 2.05) is 12.1 Å². The Kier molecular flexibility index (Phi) is 4.05. The summed E-state index contributed by atoms with van der Waals surface area (Å²) >= 11 is 2.11. The van der Waals surface area contributed by atoms with Gasteiger partial charge in [-0.2, -0.15) is 13.2 Å². The molecule has 1 N–H and O–H groups in total. The number of nitrogens with one attached hydrogen (secondary N) is 1. The summed E-state index contributed by atoms with van der Waals surface area (Å²) in [5.41, 5.74) is -0.0127. The van der Waals surface area contributed by atoms with Crippen molar-refractivity contribution < 1.29 is 18.0 Å². The van der Waals surface area contributed by atoms with Crippen molar-refractivity contribution in [1.29, 1.82) is 0 Å². The summed E-state index contributed by atoms with van der Waals surface area (Å²) in [6.07, 6.45) is -2.80. The topological polar surface area (TPSA) is 34.0 Å². The number of hydrogen-bond donors (Lipinski definition) is 1. The van der Waals surface area contributed by atoms with Crippen LogP contribution < -0.4 is 5.32 Å². The number of rotatable bonds is 1. The third kappa shape index (κ3) is 3.19. The monoisotopic (exact) mass is 430 g/mol. The van der Waals surface area contributed by atoms with Gasteiger partial charge in [0.25, 0.3) is 0 Å². The van der Waals surface area contributed by atoms with Crippen LogP contribution in [0.2, 0.25) is 0 Å². The number of para-hydroxylation sites is 1. The fourth-order valence-electron chi connectivity index (χ4n) is 2.26. The van der Waals surface area contributed by atoms with Crippen molar-refractivity contribution in [2.45, 2.75) is 6.18 Å². The van der Waals surface area contributed by atoms with E-state index in [0.717, 1.165) is 21.1 Å². The highest BCUT2D eigenvalue weighted by Crippen LogP contribution is 2.31. The molecule has 3 nitrogen and oxygen atoms in total. The summed E-state index contributed by atoms with van der Waals surface area (Å²) in [7, 11) is 0. The van der Waals surface area contributed by atoms with E-state index < -0.39 is 17.8 Å². The number of amides is 1. The number of anilines is 1. The fourth-order valence-corrected chi connectivity index (χ4v) is 3.00. The zero-order valence-electron chi connectivity index (χ0n) is 11.6. The van der Waals surface area contributed by atoms with Crippen LogP contribution in [0, 0.1) is 3.57 Å². The van der Waals surface area contributed by atoms with Crippen LogP contribution in [0.3, 0.4) is 0 Å². The molecule has 0 saturated heterocycles. The number of hydrogen-bond acceptors (Lipinski definition) is 1. The van der Waals surface area contributed by atoms with Crippen molar-refractivity contribution >= 4 is 45.2 Å². The summed E-state index contributed by atoms with van der Waals surface area (Å²) in [5, 5.41) is 3.41. The molecule has 0 radical (unpaired) electrons. The first-order valence-electron chi connectivity index (χ1n) is 6.60. The van der Waals surface area contributed by atoms with Gasteiger partial charge in [-0.05, 0) is 46.9 Å². The standard InChI is InChI=1S/C16H10F3IN2O/c17-16(18,19)10-4-3-5-11(8-10)21-15(23)22-9-13(20)12-6-1-2-7-14(12)22/h1-9H,(H,21,23). The molecule has 0 saturated carbocycles. The Hall–Kier alpha value is -2.03. The molecule has 0 aliphatic carbocycles. The SMILES string of the molecule is O=C(Nc1cccc(C(F)(F)F)c1)n1cc(I)c2ccccc21. The first kappa shape index (κ1) is 15.9. The average Bonchev–Trinajstić information content (AvgIpc) is 2.85. The van der Waals surface area contributed by atoms with Crippen LogP contribution >= 0.6 is 22.6 Å². The van der Waals surface area contributed by atoms with E-state index in [2.05, 4.69) is 27.9 Å². The minimum absolute atomic E-state index is 0.0950. The lowest BCUT2D eigenvalue weighted by Gasteiger charge is -2.10. The third-order valence-electron chi connectivity index (χ3n) is 3.32. The number of carbonyl (C=O) groups excluding carboxylic acids is 1. The predicted molar refractivity (Wildman–Crippen MR) is 90.5 cm³/mol. The molecule has 0 bridgehead atoms. The molecule has 3 aromatic rings. The number of carbonyl (C=O) groups is 1. The van der Waals surface area contributed by atoms with Crippen LogP contribution in [0.1, 0.15) is 5.56 Å². The molecule has 3 rings (SSSR count). The normalized spacial score (nSPS) is 11.7. The quantitative estimate of drug-likeness (QED) is 0.520. The van der Waals surface area contributed by atoms with Crippen molar-refractivity contribution in [1.82, 2.24) is 4.57 Å². The number of halogens is 4. The second-order valence-electron chi connectivity index (χ2n) is 4.87. The van der Waals surface area contributed by atoms with Gasteiger partial charge in [0.2, 0.25) is 0 Å². The number of fused-ring (bicyclic) bond motifs is 1. The highest BCUT2D eigenvalue weighted by molar-refractivity contribution is 14.1. The first-order valence-corrected chi connectivity index (χ1v) is 7.68. The van der Waals surface area contributed by atoms with Crippen LogP contribution in [0.25, 0.3) is 10.9 Å². The van der Waals surface area contributed by atoms with Gasteiger partial charge in [0, 0.05) is 20.8 Å². The highest BCUT2D eigenvalue weighted by Gasteiger charge is 2.30. The van der Waals surface area contributed by atoms with E-state index >= 15 is 0 Å². The zero-order valence-corrected chi connectivity index (χ0v) is 13.7. The van der Waals surface area contributed by atoms with Crippen molar-refractivity contribution in [2.24, 2.45) is 0 Å². The van der Waals surface area contributed by atoms with E-state index in [-0.39, 0.29) is 5.69 Å². The Morgan fingerprint density at radius 2 is 1.83 bits per heavy atom. The van der Waals surface area contributed by atoms with Gasteiger partial charge in [-0.3, -0.25) is 4.57 Å². The molecular weight excluding hydrogens is 420 g/mol. The average molecular weight is 430 g/mol. The van der Waals surface area contributed by atoms with E-state index in [1.54, 1.807) is 18.3 Å². The first-order chi connectivity index (χ1) is 10.9. The maximum atomic E-state index is 12.7. The Labute approximate surface area is 143 Å². The maximum absolute atomic E-state index is 12.7. The molecule has 0 spiro atoms. The Morgan fingerprint density at radius 1 is 1.09 bits per heavy atom. The van der Waals surface area contributed by atoms with Crippen molar-refractivity contribution in [3.8, 4) is 0 Å². The van der Waals surface area contributed by atoms with Crippen LogP contribution in [0.15, 0.2) is 54.7 Å². The lowest BCUT2D eigenvalue weighted by Crippen LogP contribution is -2.18. The van der Waals surface area contributed by atoms with Crippen LogP contribution in [0.5, 0.6) is 0 Å². The molecule has 23 heavy (non-hydrogen) atoms. The number of benzene rings is 2. The lowest BCUT2D eigenvalue weighted by molar-refractivity contribution is -0.137. The van der Waals surface area contributed by atoms with Gasteiger partial charge < -0.3 is 5.32 Å². The van der Waals surface area contributed by atoms with Gasteiger partial charge in [-0.25, -0.2) is 4.79 Å². The molecular formula is C16H10F3IN2O. The van der Waals surface area contributed by atoms with E-state index in [0.29, 0.717) is 5.52 Å². The number of alkyl halides is 3. The highest BCUT2D eigenvalue weighted by atomic mass is 127. The molecule has 0 atom stereocenters. The maximum Gasteiger partial charge on any atom is 0.416 e. The molecule has 0 unspecified atom stereocenters. The molecule has 1 amide bonds. The smallest absolute Gasteiger partial charge is 0.307 e. The van der Waals surface area contributed by atoms with E-state index in [1.165, 1.54) is 16.7 Å². The molecule has 7 heteroatoms. The summed E-state index contributed by atoms with van der Waals surface area (Å²) in [5.74, 6) is 0. The summed E-state index contributed by atoms with van der Waals surface area (Å²) in [6, 6.07) is 11.4. The second kappa shape index (κ2) is 5.88.